The van der Waals surface area contributed by atoms with E-state index in [9.17, 15) is 4.79 Å². The van der Waals surface area contributed by atoms with E-state index in [0.717, 1.165) is 22.5 Å². The zero-order valence-corrected chi connectivity index (χ0v) is 13.9. The average Bonchev–Trinajstić information content (AvgIpc) is 2.56. The van der Waals surface area contributed by atoms with E-state index in [2.05, 4.69) is 10.6 Å². The molecule has 5 nitrogen and oxygen atoms in total. The van der Waals surface area contributed by atoms with E-state index in [-0.39, 0.29) is 12.5 Å². The summed E-state index contributed by atoms with van der Waals surface area (Å²) >= 11 is 0. The zero-order valence-electron chi connectivity index (χ0n) is 13.9. The van der Waals surface area contributed by atoms with Crippen molar-refractivity contribution in [2.45, 2.75) is 13.8 Å². The van der Waals surface area contributed by atoms with Crippen molar-refractivity contribution < 1.29 is 14.3 Å². The zero-order chi connectivity index (χ0) is 16.8. The first-order valence-electron chi connectivity index (χ1n) is 7.36. The molecule has 0 aliphatic rings. The van der Waals surface area contributed by atoms with Crippen molar-refractivity contribution in [2.75, 3.05) is 31.4 Å². The van der Waals surface area contributed by atoms with Gasteiger partial charge in [0, 0.05) is 17.4 Å². The summed E-state index contributed by atoms with van der Waals surface area (Å²) in [5.41, 5.74) is 3.77. The monoisotopic (exact) mass is 314 g/mol. The van der Waals surface area contributed by atoms with Gasteiger partial charge in [0.1, 0.15) is 0 Å². The van der Waals surface area contributed by atoms with Crippen LogP contribution in [0.15, 0.2) is 36.4 Å². The molecule has 1 amide bonds. The molecule has 0 spiro atoms. The summed E-state index contributed by atoms with van der Waals surface area (Å²) in [6.45, 7) is 4.14. The first-order valence-corrected chi connectivity index (χ1v) is 7.36. The Bertz CT molecular complexity index is 699. The highest BCUT2D eigenvalue weighted by Gasteiger charge is 2.07. The molecule has 0 aliphatic carbocycles. The Morgan fingerprint density at radius 2 is 1.74 bits per heavy atom. The third-order valence-electron chi connectivity index (χ3n) is 3.50. The number of rotatable bonds is 6. The van der Waals surface area contributed by atoms with E-state index in [1.165, 1.54) is 0 Å². The maximum Gasteiger partial charge on any atom is 0.243 e. The third-order valence-corrected chi connectivity index (χ3v) is 3.50. The van der Waals surface area contributed by atoms with Crippen LogP contribution < -0.4 is 20.1 Å². The van der Waals surface area contributed by atoms with Gasteiger partial charge in [-0.25, -0.2) is 0 Å². The number of methoxy groups -OCH3 is 2. The fraction of sp³-hybridized carbons (Fsp3) is 0.278. The number of anilines is 2. The summed E-state index contributed by atoms with van der Waals surface area (Å²) in [6.07, 6.45) is 0. The molecule has 2 aromatic rings. The lowest BCUT2D eigenvalue weighted by Gasteiger charge is -2.12. The van der Waals surface area contributed by atoms with Crippen LogP contribution in [0.2, 0.25) is 0 Å². The summed E-state index contributed by atoms with van der Waals surface area (Å²) in [7, 11) is 3.16. The molecule has 122 valence electrons. The molecule has 0 aromatic heterocycles. The number of ether oxygens (including phenoxy) is 2. The molecule has 0 fully saturated rings. The Balaban J connectivity index is 1.98. The van der Waals surface area contributed by atoms with Crippen LogP contribution >= 0.6 is 0 Å². The van der Waals surface area contributed by atoms with E-state index in [0.29, 0.717) is 11.5 Å². The molecule has 23 heavy (non-hydrogen) atoms. The minimum Gasteiger partial charge on any atom is -0.493 e. The molecule has 0 atom stereocenters. The molecule has 0 aliphatic heterocycles. The average molecular weight is 314 g/mol. The molecule has 2 aromatic carbocycles. The smallest absolute Gasteiger partial charge is 0.243 e. The highest BCUT2D eigenvalue weighted by molar-refractivity contribution is 5.94. The minimum atomic E-state index is -0.103. The summed E-state index contributed by atoms with van der Waals surface area (Å²) in [5, 5.41) is 5.99. The van der Waals surface area contributed by atoms with Gasteiger partial charge in [0.05, 0.1) is 20.8 Å². The Kier molecular flexibility index (Phi) is 5.46. The van der Waals surface area contributed by atoms with Crippen molar-refractivity contribution in [2.24, 2.45) is 0 Å². The fourth-order valence-electron chi connectivity index (χ4n) is 2.19. The third kappa shape index (κ3) is 4.39. The van der Waals surface area contributed by atoms with Crippen molar-refractivity contribution in [3.8, 4) is 11.5 Å². The molecule has 0 heterocycles. The van der Waals surface area contributed by atoms with Gasteiger partial charge in [0.2, 0.25) is 5.91 Å². The van der Waals surface area contributed by atoms with Gasteiger partial charge in [-0.1, -0.05) is 12.1 Å². The fourth-order valence-corrected chi connectivity index (χ4v) is 2.19. The van der Waals surface area contributed by atoms with Crippen molar-refractivity contribution >= 4 is 17.3 Å². The van der Waals surface area contributed by atoms with Crippen LogP contribution in [0.1, 0.15) is 11.1 Å². The van der Waals surface area contributed by atoms with Gasteiger partial charge in [-0.15, -0.1) is 0 Å². The largest absolute Gasteiger partial charge is 0.493 e. The lowest BCUT2D eigenvalue weighted by atomic mass is 10.1. The highest BCUT2D eigenvalue weighted by Crippen LogP contribution is 2.29. The number of amides is 1. The van der Waals surface area contributed by atoms with Gasteiger partial charge in [0.15, 0.2) is 11.5 Å². The molecule has 0 radical (unpaired) electrons. The Morgan fingerprint density at radius 1 is 1.00 bits per heavy atom. The van der Waals surface area contributed by atoms with Crippen molar-refractivity contribution in [3.05, 3.63) is 47.5 Å². The van der Waals surface area contributed by atoms with E-state index in [4.69, 9.17) is 9.47 Å². The van der Waals surface area contributed by atoms with E-state index in [1.54, 1.807) is 26.4 Å². The van der Waals surface area contributed by atoms with Gasteiger partial charge in [-0.2, -0.15) is 0 Å². The first kappa shape index (κ1) is 16.7. The number of carbonyl (C=O) groups excluding carboxylic acids is 1. The van der Waals surface area contributed by atoms with Gasteiger partial charge >= 0.3 is 0 Å². The summed E-state index contributed by atoms with van der Waals surface area (Å²) in [6, 6.07) is 11.4. The van der Waals surface area contributed by atoms with Gasteiger partial charge < -0.3 is 20.1 Å². The van der Waals surface area contributed by atoms with Crippen LogP contribution in [0, 0.1) is 13.8 Å². The second-order valence-electron chi connectivity index (χ2n) is 5.29. The summed E-state index contributed by atoms with van der Waals surface area (Å²) in [4.78, 5) is 12.1. The van der Waals surface area contributed by atoms with Crippen molar-refractivity contribution in [1.82, 2.24) is 0 Å². The standard InChI is InChI=1S/C18H22N2O3/c1-12-5-6-13(2)15(9-12)20-18(21)11-19-14-7-8-16(22-3)17(10-14)23-4/h5-10,19H,11H2,1-4H3,(H,20,21). The highest BCUT2D eigenvalue weighted by atomic mass is 16.5. The number of benzene rings is 2. The molecule has 0 saturated heterocycles. The van der Waals surface area contributed by atoms with E-state index < -0.39 is 0 Å². The predicted molar refractivity (Wildman–Crippen MR) is 92.6 cm³/mol. The van der Waals surface area contributed by atoms with Gasteiger partial charge in [-0.3, -0.25) is 4.79 Å². The Labute approximate surface area is 136 Å². The first-order chi connectivity index (χ1) is 11.0. The molecule has 2 rings (SSSR count). The second kappa shape index (κ2) is 7.54. The molecule has 0 saturated carbocycles. The molecule has 0 unspecified atom stereocenters. The van der Waals surface area contributed by atoms with Crippen LogP contribution in [0.3, 0.4) is 0 Å². The molecular formula is C18H22N2O3. The van der Waals surface area contributed by atoms with E-state index in [1.807, 2.05) is 38.1 Å². The topological polar surface area (TPSA) is 59.6 Å². The maximum atomic E-state index is 12.1. The summed E-state index contributed by atoms with van der Waals surface area (Å²) in [5.74, 6) is 1.17. The van der Waals surface area contributed by atoms with Gasteiger partial charge in [0.25, 0.3) is 0 Å². The lowest BCUT2D eigenvalue weighted by molar-refractivity contribution is -0.114. The number of nitrogens with one attached hydrogen (secondary N) is 2. The van der Waals surface area contributed by atoms with Crippen LogP contribution in [0.4, 0.5) is 11.4 Å². The molecular weight excluding hydrogens is 292 g/mol. The molecule has 0 bridgehead atoms. The van der Waals surface area contributed by atoms with Gasteiger partial charge in [-0.05, 0) is 43.2 Å². The SMILES string of the molecule is COc1ccc(NCC(=O)Nc2cc(C)ccc2C)cc1OC. The number of aryl methyl sites for hydroxylation is 2. The maximum absolute atomic E-state index is 12.1. The number of hydrogen-bond acceptors (Lipinski definition) is 4. The Hall–Kier alpha value is -2.69. The normalized spacial score (nSPS) is 10.1. The van der Waals surface area contributed by atoms with E-state index >= 15 is 0 Å². The number of carbonyl (C=O) groups is 1. The Morgan fingerprint density at radius 3 is 2.43 bits per heavy atom. The van der Waals surface area contributed by atoms with Crippen LogP contribution in [0.5, 0.6) is 11.5 Å². The van der Waals surface area contributed by atoms with Crippen LogP contribution in [-0.2, 0) is 4.79 Å². The predicted octanol–water partition coefficient (Wildman–Crippen LogP) is 3.37. The molecule has 5 heteroatoms. The minimum absolute atomic E-state index is 0.103. The van der Waals surface area contributed by atoms with Crippen LogP contribution in [-0.4, -0.2) is 26.7 Å². The molecule has 2 N–H and O–H groups in total. The van der Waals surface area contributed by atoms with Crippen LogP contribution in [0.25, 0.3) is 0 Å². The summed E-state index contributed by atoms with van der Waals surface area (Å²) < 4.78 is 10.4. The quantitative estimate of drug-likeness (QED) is 0.858. The number of hydrogen-bond donors (Lipinski definition) is 2. The van der Waals surface area contributed by atoms with Crippen molar-refractivity contribution in [3.63, 3.8) is 0 Å². The van der Waals surface area contributed by atoms with Crippen molar-refractivity contribution in [1.29, 1.82) is 0 Å². The lowest BCUT2D eigenvalue weighted by Crippen LogP contribution is -2.22. The second-order valence-corrected chi connectivity index (χ2v) is 5.29.